The Labute approximate surface area is 79.2 Å². The van der Waals surface area contributed by atoms with E-state index in [4.69, 9.17) is 4.74 Å². The third-order valence-corrected chi connectivity index (χ3v) is 1.72. The van der Waals surface area contributed by atoms with E-state index in [9.17, 15) is 0 Å². The molecular formula is C8H16BrNO. The maximum atomic E-state index is 5.14. The van der Waals surface area contributed by atoms with Gasteiger partial charge < -0.3 is 26.2 Å². The molecule has 1 rings (SSSR count). The van der Waals surface area contributed by atoms with E-state index in [1.54, 1.807) is 0 Å². The summed E-state index contributed by atoms with van der Waals surface area (Å²) < 4.78 is 6.13. The van der Waals surface area contributed by atoms with Crippen LogP contribution in [0.25, 0.3) is 0 Å². The van der Waals surface area contributed by atoms with Gasteiger partial charge in [0, 0.05) is 0 Å². The van der Waals surface area contributed by atoms with Crippen LogP contribution in [0.3, 0.4) is 0 Å². The van der Waals surface area contributed by atoms with Crippen LogP contribution in [0.15, 0.2) is 12.7 Å². The van der Waals surface area contributed by atoms with E-state index in [0.29, 0.717) is 6.10 Å². The summed E-state index contributed by atoms with van der Waals surface area (Å²) in [6, 6.07) is 0. The SMILES string of the molecule is C=CC[N+](C)(C)CC1CO1.[Br-]. The molecule has 1 unspecified atom stereocenters. The molecule has 1 fully saturated rings. The summed E-state index contributed by atoms with van der Waals surface area (Å²) in [4.78, 5) is 0. The van der Waals surface area contributed by atoms with Gasteiger partial charge in [0.2, 0.25) is 0 Å². The number of hydrogen-bond donors (Lipinski definition) is 0. The highest BCUT2D eigenvalue weighted by Gasteiger charge is 2.30. The Morgan fingerprint density at radius 3 is 2.55 bits per heavy atom. The van der Waals surface area contributed by atoms with Gasteiger partial charge in [0.05, 0.1) is 27.2 Å². The van der Waals surface area contributed by atoms with Crippen molar-refractivity contribution in [1.29, 1.82) is 0 Å². The Morgan fingerprint density at radius 1 is 1.64 bits per heavy atom. The molecule has 0 aromatic rings. The number of epoxide rings is 1. The minimum Gasteiger partial charge on any atom is -1.00 e. The lowest BCUT2D eigenvalue weighted by Crippen LogP contribution is -3.00. The molecule has 0 radical (unpaired) electrons. The van der Waals surface area contributed by atoms with Gasteiger partial charge >= 0.3 is 0 Å². The quantitative estimate of drug-likeness (QED) is 0.295. The van der Waals surface area contributed by atoms with Gasteiger partial charge in [-0.2, -0.15) is 0 Å². The molecule has 0 N–H and O–H groups in total. The highest BCUT2D eigenvalue weighted by atomic mass is 79.9. The fourth-order valence-electron chi connectivity index (χ4n) is 1.15. The lowest BCUT2D eigenvalue weighted by atomic mass is 10.3. The standard InChI is InChI=1S/C8H16NO.BrH/c1-4-5-9(2,3)6-8-7-10-8;/h4,8H,1,5-7H2,2-3H3;1H/q+1;/p-1. The number of halogens is 1. The van der Waals surface area contributed by atoms with Gasteiger partial charge in [-0.3, -0.25) is 0 Å². The van der Waals surface area contributed by atoms with Crippen LogP contribution < -0.4 is 17.0 Å². The number of hydrogen-bond acceptors (Lipinski definition) is 1. The Kier molecular flexibility index (Phi) is 4.29. The van der Waals surface area contributed by atoms with Gasteiger partial charge in [-0.25, -0.2) is 0 Å². The molecule has 2 nitrogen and oxygen atoms in total. The number of rotatable bonds is 4. The fraction of sp³-hybridized carbons (Fsp3) is 0.750. The van der Waals surface area contributed by atoms with Crippen LogP contribution in [0.4, 0.5) is 0 Å². The molecule has 0 aromatic heterocycles. The van der Waals surface area contributed by atoms with Crippen molar-refractivity contribution in [3.8, 4) is 0 Å². The Balaban J connectivity index is 0.000001000. The number of quaternary nitrogens is 1. The summed E-state index contributed by atoms with van der Waals surface area (Å²) in [5, 5.41) is 0. The molecule has 1 heterocycles. The minimum absolute atomic E-state index is 0. The molecule has 1 aliphatic heterocycles. The average molecular weight is 222 g/mol. The second kappa shape index (κ2) is 4.24. The first-order valence-corrected chi connectivity index (χ1v) is 3.68. The molecule has 1 aliphatic rings. The molecule has 0 spiro atoms. The van der Waals surface area contributed by atoms with Crippen molar-refractivity contribution in [3.05, 3.63) is 12.7 Å². The lowest BCUT2D eigenvalue weighted by molar-refractivity contribution is -0.884. The van der Waals surface area contributed by atoms with Gasteiger partial charge in [0.15, 0.2) is 0 Å². The summed E-state index contributed by atoms with van der Waals surface area (Å²) in [6.45, 7) is 6.82. The second-order valence-corrected chi connectivity index (χ2v) is 3.54. The summed E-state index contributed by atoms with van der Waals surface area (Å²) in [6.07, 6.45) is 2.48. The summed E-state index contributed by atoms with van der Waals surface area (Å²) in [5.41, 5.74) is 0. The molecule has 0 aliphatic carbocycles. The number of nitrogens with zero attached hydrogens (tertiary/aromatic N) is 1. The molecule has 0 aromatic carbocycles. The minimum atomic E-state index is 0. The molecule has 11 heavy (non-hydrogen) atoms. The zero-order chi connectivity index (χ0) is 7.61. The average Bonchev–Trinajstić information content (AvgIpc) is 2.48. The van der Waals surface area contributed by atoms with Crippen molar-refractivity contribution in [3.63, 3.8) is 0 Å². The van der Waals surface area contributed by atoms with Crippen LogP contribution in [0.2, 0.25) is 0 Å². The Morgan fingerprint density at radius 2 is 2.18 bits per heavy atom. The van der Waals surface area contributed by atoms with E-state index >= 15 is 0 Å². The van der Waals surface area contributed by atoms with Crippen molar-refractivity contribution < 1.29 is 26.2 Å². The molecule has 66 valence electrons. The van der Waals surface area contributed by atoms with Crippen LogP contribution in [0, 0.1) is 0 Å². The first kappa shape index (κ1) is 11.1. The van der Waals surface area contributed by atoms with Crippen LogP contribution in [0.5, 0.6) is 0 Å². The molecule has 0 bridgehead atoms. The van der Waals surface area contributed by atoms with Crippen molar-refractivity contribution in [2.45, 2.75) is 6.10 Å². The van der Waals surface area contributed by atoms with E-state index in [0.717, 1.165) is 24.2 Å². The van der Waals surface area contributed by atoms with E-state index in [-0.39, 0.29) is 17.0 Å². The summed E-state index contributed by atoms with van der Waals surface area (Å²) in [7, 11) is 4.40. The van der Waals surface area contributed by atoms with E-state index < -0.39 is 0 Å². The molecule has 1 saturated heterocycles. The molecular weight excluding hydrogens is 206 g/mol. The third-order valence-electron chi connectivity index (χ3n) is 1.72. The van der Waals surface area contributed by atoms with Gasteiger partial charge in [-0.05, 0) is 6.08 Å². The van der Waals surface area contributed by atoms with E-state index in [1.165, 1.54) is 0 Å². The predicted octanol–water partition coefficient (Wildman–Crippen LogP) is -2.35. The molecule has 3 heteroatoms. The van der Waals surface area contributed by atoms with Gasteiger partial charge in [-0.15, -0.1) is 0 Å². The van der Waals surface area contributed by atoms with Gasteiger partial charge in [0.25, 0.3) is 0 Å². The van der Waals surface area contributed by atoms with Crippen LogP contribution >= 0.6 is 0 Å². The molecule has 0 amide bonds. The van der Waals surface area contributed by atoms with Crippen molar-refractivity contribution >= 4 is 0 Å². The maximum absolute atomic E-state index is 5.14. The number of ether oxygens (including phenoxy) is 1. The topological polar surface area (TPSA) is 12.5 Å². The van der Waals surface area contributed by atoms with Crippen molar-refractivity contribution in [1.82, 2.24) is 0 Å². The van der Waals surface area contributed by atoms with Crippen molar-refractivity contribution in [2.24, 2.45) is 0 Å². The predicted molar refractivity (Wildman–Crippen MR) is 41.8 cm³/mol. The monoisotopic (exact) mass is 221 g/mol. The zero-order valence-electron chi connectivity index (χ0n) is 7.22. The fourth-order valence-corrected chi connectivity index (χ4v) is 1.15. The summed E-state index contributed by atoms with van der Waals surface area (Å²) >= 11 is 0. The Hall–Kier alpha value is 0.140. The highest BCUT2D eigenvalue weighted by molar-refractivity contribution is 4.70. The van der Waals surface area contributed by atoms with E-state index in [1.807, 2.05) is 6.08 Å². The third kappa shape index (κ3) is 4.56. The van der Waals surface area contributed by atoms with E-state index in [2.05, 4.69) is 20.7 Å². The maximum Gasteiger partial charge on any atom is 0.130 e. The van der Waals surface area contributed by atoms with Crippen LogP contribution in [0.1, 0.15) is 0 Å². The van der Waals surface area contributed by atoms with Gasteiger partial charge in [0.1, 0.15) is 12.6 Å². The lowest BCUT2D eigenvalue weighted by Gasteiger charge is -2.27. The highest BCUT2D eigenvalue weighted by Crippen LogP contribution is 2.13. The second-order valence-electron chi connectivity index (χ2n) is 3.54. The largest absolute Gasteiger partial charge is 1.00 e. The van der Waals surface area contributed by atoms with Crippen LogP contribution in [-0.4, -0.2) is 44.4 Å². The van der Waals surface area contributed by atoms with Crippen LogP contribution in [-0.2, 0) is 4.74 Å². The van der Waals surface area contributed by atoms with Crippen molar-refractivity contribution in [2.75, 3.05) is 33.8 Å². The number of likely N-dealkylation sites (N-methyl/N-ethyl adjacent to an activating group) is 1. The summed E-state index contributed by atoms with van der Waals surface area (Å²) in [5.74, 6) is 0. The first-order chi connectivity index (χ1) is 4.64. The molecule has 0 saturated carbocycles. The Bertz CT molecular complexity index is 132. The zero-order valence-corrected chi connectivity index (χ0v) is 8.80. The first-order valence-electron chi connectivity index (χ1n) is 3.68. The van der Waals surface area contributed by atoms with Gasteiger partial charge in [-0.1, -0.05) is 6.58 Å². The normalized spacial score (nSPS) is 22.2. The smallest absolute Gasteiger partial charge is 0.130 e. The molecule has 1 atom stereocenters.